The van der Waals surface area contributed by atoms with Crippen molar-refractivity contribution in [1.82, 2.24) is 0 Å². The van der Waals surface area contributed by atoms with Crippen molar-refractivity contribution in [1.29, 1.82) is 0 Å². The second kappa shape index (κ2) is 19.9. The van der Waals surface area contributed by atoms with Crippen LogP contribution >= 0.6 is 0 Å². The van der Waals surface area contributed by atoms with E-state index in [4.69, 9.17) is 10.2 Å². The highest BCUT2D eigenvalue weighted by molar-refractivity contribution is 6.05. The first kappa shape index (κ1) is 31.4. The Hall–Kier alpha value is -2.56. The minimum Gasteiger partial charge on any atom is -0.354 e. The number of hydrogen-bond acceptors (Lipinski definition) is 4. The number of aliphatic hydroxyl groups is 2. The van der Waals surface area contributed by atoms with Crippen molar-refractivity contribution in [3.05, 3.63) is 85.1 Å². The summed E-state index contributed by atoms with van der Waals surface area (Å²) in [5.41, 5.74) is 0.479. The van der Waals surface area contributed by atoms with Crippen molar-refractivity contribution in [3.8, 4) is 0 Å². The summed E-state index contributed by atoms with van der Waals surface area (Å²) in [7, 11) is 0. The lowest BCUT2D eigenvalue weighted by atomic mass is 9.89. The van der Waals surface area contributed by atoms with Gasteiger partial charge in [0, 0.05) is 0 Å². The predicted molar refractivity (Wildman–Crippen MR) is 143 cm³/mol. The molecule has 0 saturated carbocycles. The molecule has 0 spiro atoms. The van der Waals surface area contributed by atoms with Crippen LogP contribution in [0.5, 0.6) is 0 Å². The number of hydrogen-bond donors (Lipinski definition) is 2. The van der Waals surface area contributed by atoms with Crippen molar-refractivity contribution in [2.24, 2.45) is 5.41 Å². The molecule has 0 radical (unpaired) electrons. The molecule has 0 aliphatic carbocycles. The average Bonchev–Trinajstić information content (AvgIpc) is 2.78. The minimum absolute atomic E-state index is 0.216. The van der Waals surface area contributed by atoms with Crippen LogP contribution in [0.1, 0.15) is 78.6 Å². The van der Waals surface area contributed by atoms with Gasteiger partial charge >= 0.3 is 0 Å². The molecule has 0 saturated heterocycles. The molecule has 34 heavy (non-hydrogen) atoms. The number of ketones is 1. The summed E-state index contributed by atoms with van der Waals surface area (Å²) in [5, 5.41) is 18.0. The molecule has 0 aromatic heterocycles. The fourth-order valence-corrected chi connectivity index (χ4v) is 2.94. The van der Waals surface area contributed by atoms with E-state index in [1.807, 2.05) is 42.5 Å². The van der Waals surface area contributed by atoms with Gasteiger partial charge in [-0.2, -0.15) is 0 Å². The zero-order valence-corrected chi connectivity index (χ0v) is 21.2. The lowest BCUT2D eigenvalue weighted by Gasteiger charge is -2.17. The summed E-state index contributed by atoms with van der Waals surface area (Å²) in [5.74, 6) is -4.04. The van der Waals surface area contributed by atoms with Crippen LogP contribution in [0.15, 0.2) is 85.1 Å². The van der Waals surface area contributed by atoms with Crippen LogP contribution < -0.4 is 0 Å². The molecule has 0 aromatic rings. The minimum atomic E-state index is -2.95. The van der Waals surface area contributed by atoms with E-state index in [1.165, 1.54) is 57.4 Å². The van der Waals surface area contributed by atoms with Crippen LogP contribution in [0, 0.1) is 5.41 Å². The average molecular weight is 469 g/mol. The fraction of sp³-hybridized carbons (Fsp3) is 0.467. The number of rotatable bonds is 18. The zero-order chi connectivity index (χ0) is 25.5. The van der Waals surface area contributed by atoms with Crippen LogP contribution in [0.4, 0.5) is 0 Å². The summed E-state index contributed by atoms with van der Waals surface area (Å²) in [4.78, 5) is 21.5. The molecule has 0 atom stereocenters. The second-order valence-electron chi connectivity index (χ2n) is 9.49. The van der Waals surface area contributed by atoms with E-state index in [-0.39, 0.29) is 6.29 Å². The first-order valence-corrected chi connectivity index (χ1v) is 12.3. The van der Waals surface area contributed by atoms with Gasteiger partial charge in [0.15, 0.2) is 6.29 Å². The topological polar surface area (TPSA) is 74.6 Å². The summed E-state index contributed by atoms with van der Waals surface area (Å²) < 4.78 is 0. The van der Waals surface area contributed by atoms with Crippen molar-refractivity contribution in [2.45, 2.75) is 84.3 Å². The van der Waals surface area contributed by atoms with Gasteiger partial charge in [0.1, 0.15) is 0 Å². The smallest absolute Gasteiger partial charge is 0.286 e. The molecule has 188 valence electrons. The van der Waals surface area contributed by atoms with Gasteiger partial charge in [0.25, 0.3) is 5.79 Å². The fourth-order valence-electron chi connectivity index (χ4n) is 2.94. The van der Waals surface area contributed by atoms with Gasteiger partial charge in [-0.25, -0.2) is 0 Å². The van der Waals surface area contributed by atoms with Gasteiger partial charge in [0.05, 0.1) is 0 Å². The highest BCUT2D eigenvalue weighted by Gasteiger charge is 2.29. The van der Waals surface area contributed by atoms with Gasteiger partial charge in [-0.05, 0) is 30.8 Å². The first-order valence-electron chi connectivity index (χ1n) is 12.3. The Labute approximate surface area is 206 Å². The lowest BCUT2D eigenvalue weighted by Crippen LogP contribution is -2.38. The van der Waals surface area contributed by atoms with Gasteiger partial charge in [-0.15, -0.1) is 0 Å². The molecule has 0 amide bonds. The van der Waals surface area contributed by atoms with Crippen LogP contribution in [-0.2, 0) is 9.59 Å². The molecule has 0 rings (SSSR count). The van der Waals surface area contributed by atoms with E-state index in [0.29, 0.717) is 5.41 Å². The zero-order valence-electron chi connectivity index (χ0n) is 21.2. The van der Waals surface area contributed by atoms with Crippen molar-refractivity contribution in [2.75, 3.05) is 0 Å². The van der Waals surface area contributed by atoms with Crippen LogP contribution in [-0.4, -0.2) is 28.1 Å². The summed E-state index contributed by atoms with van der Waals surface area (Å²) in [6.07, 6.45) is 36.7. The third-order valence-corrected chi connectivity index (χ3v) is 4.93. The maximum Gasteiger partial charge on any atom is 0.286 e. The van der Waals surface area contributed by atoms with E-state index >= 15 is 0 Å². The molecule has 2 N–H and O–H groups in total. The Bertz CT molecular complexity index is 753. The Morgan fingerprint density at radius 3 is 1.50 bits per heavy atom. The number of carbonyl (C=O) groups excluding carboxylic acids is 2. The molecule has 0 aliphatic heterocycles. The summed E-state index contributed by atoms with van der Waals surface area (Å²) in [6, 6.07) is 0. The van der Waals surface area contributed by atoms with Crippen LogP contribution in [0.2, 0.25) is 0 Å². The van der Waals surface area contributed by atoms with E-state index in [0.717, 1.165) is 12.5 Å². The Balaban J connectivity index is 3.76. The van der Waals surface area contributed by atoms with Gasteiger partial charge < -0.3 is 10.2 Å². The molecular formula is C30H44O4. The second-order valence-corrected chi connectivity index (χ2v) is 9.49. The van der Waals surface area contributed by atoms with E-state index in [2.05, 4.69) is 32.9 Å². The summed E-state index contributed by atoms with van der Waals surface area (Å²) in [6.45, 7) is 6.96. The number of unbranched alkanes of at least 4 members (excludes halogenated alkanes) is 7. The Morgan fingerprint density at radius 2 is 1.03 bits per heavy atom. The van der Waals surface area contributed by atoms with Crippen molar-refractivity contribution in [3.63, 3.8) is 0 Å². The Morgan fingerprint density at radius 1 is 0.618 bits per heavy atom. The lowest BCUT2D eigenvalue weighted by molar-refractivity contribution is -0.176. The molecule has 0 unspecified atom stereocenters. The maximum absolute atomic E-state index is 11.2. The number of carbonyl (C=O) groups is 2. The normalized spacial score (nSPS) is 13.9. The SMILES string of the molecule is CC(C)(C)CCCCCCCCCC=CC=CC=CC=CC=CC=CC=CC(=O)C(O)(O)C=O. The van der Waals surface area contributed by atoms with Crippen molar-refractivity contribution >= 4 is 12.1 Å². The quantitative estimate of drug-likeness (QED) is 0.0574. The standard InChI is InChI=1S/C30H44O4/c1-29(2,3)26-24-22-20-18-16-14-12-10-8-6-4-5-7-9-11-13-15-17-19-21-23-25-28(32)30(33,34)27-31/h4-9,11,13,15,17,19,21,23,25,27,33-34H,10,12,14,16,18,20,22,24,26H2,1-3H3. The highest BCUT2D eigenvalue weighted by atomic mass is 16.5. The number of aldehydes is 1. The maximum atomic E-state index is 11.2. The number of allylic oxidation sites excluding steroid dienone is 13. The first-order chi connectivity index (χ1) is 16.2. The molecule has 0 bridgehead atoms. The molecule has 0 aliphatic rings. The largest absolute Gasteiger partial charge is 0.354 e. The molecule has 4 heteroatoms. The monoisotopic (exact) mass is 468 g/mol. The van der Waals surface area contributed by atoms with Crippen LogP contribution in [0.25, 0.3) is 0 Å². The molecule has 0 heterocycles. The van der Waals surface area contributed by atoms with E-state index in [1.54, 1.807) is 18.2 Å². The Kier molecular flexibility index (Phi) is 18.4. The summed E-state index contributed by atoms with van der Waals surface area (Å²) >= 11 is 0. The molecule has 0 fully saturated rings. The molecule has 4 nitrogen and oxygen atoms in total. The van der Waals surface area contributed by atoms with E-state index in [9.17, 15) is 9.59 Å². The highest BCUT2D eigenvalue weighted by Crippen LogP contribution is 2.22. The van der Waals surface area contributed by atoms with Gasteiger partial charge in [-0.3, -0.25) is 9.59 Å². The third-order valence-electron chi connectivity index (χ3n) is 4.93. The van der Waals surface area contributed by atoms with Gasteiger partial charge in [0.2, 0.25) is 5.78 Å². The van der Waals surface area contributed by atoms with Crippen LogP contribution in [0.3, 0.4) is 0 Å². The van der Waals surface area contributed by atoms with Gasteiger partial charge in [-0.1, -0.05) is 138 Å². The third kappa shape index (κ3) is 21.3. The van der Waals surface area contributed by atoms with Crippen molar-refractivity contribution < 1.29 is 19.8 Å². The molecular weight excluding hydrogens is 424 g/mol. The predicted octanol–water partition coefficient (Wildman–Crippen LogP) is 6.89. The van der Waals surface area contributed by atoms with E-state index < -0.39 is 11.6 Å². The molecule has 0 aromatic carbocycles.